The van der Waals surface area contributed by atoms with Gasteiger partial charge in [-0.2, -0.15) is 13.2 Å². The predicted molar refractivity (Wildman–Crippen MR) is 123 cm³/mol. The van der Waals surface area contributed by atoms with E-state index in [4.69, 9.17) is 14.2 Å². The van der Waals surface area contributed by atoms with E-state index in [-0.39, 0.29) is 16.3 Å². The quantitative estimate of drug-likeness (QED) is 0.510. The summed E-state index contributed by atoms with van der Waals surface area (Å²) in [5.74, 6) is -0.631. The van der Waals surface area contributed by atoms with Crippen LogP contribution in [0.2, 0.25) is 0 Å². The average molecular weight is 510 g/mol. The molecule has 1 N–H and O–H groups in total. The number of rotatable bonds is 8. The Labute approximate surface area is 203 Å². The third kappa shape index (κ3) is 6.07. The van der Waals surface area contributed by atoms with Crippen LogP contribution < -0.4 is 19.5 Å². The largest absolute Gasteiger partial charge is 0.495 e. The molecular formula is C23H21F3N2O6S. The number of carbonyl (C=O) groups excluding carboxylic acids is 3. The number of carbonyl (C=O) groups is 3. The highest BCUT2D eigenvalue weighted by molar-refractivity contribution is 8.18. The molecule has 8 nitrogen and oxygen atoms in total. The van der Waals surface area contributed by atoms with E-state index >= 15 is 0 Å². The number of hydrogen-bond donors (Lipinski definition) is 1. The van der Waals surface area contributed by atoms with Gasteiger partial charge in [0.15, 0.2) is 11.5 Å². The van der Waals surface area contributed by atoms with Crippen LogP contribution in [0.1, 0.15) is 18.1 Å². The topological polar surface area (TPSA) is 94.2 Å². The Bertz CT molecular complexity index is 1180. The zero-order chi connectivity index (χ0) is 25.8. The van der Waals surface area contributed by atoms with Gasteiger partial charge in [0.05, 0.1) is 37.0 Å². The zero-order valence-corrected chi connectivity index (χ0v) is 19.7. The highest BCUT2D eigenvalue weighted by Gasteiger charge is 2.37. The maximum Gasteiger partial charge on any atom is 0.416 e. The van der Waals surface area contributed by atoms with Crippen LogP contribution in [-0.2, 0) is 15.8 Å². The van der Waals surface area contributed by atoms with Crippen molar-refractivity contribution in [3.8, 4) is 17.2 Å². The second-order valence-corrected chi connectivity index (χ2v) is 8.07. The summed E-state index contributed by atoms with van der Waals surface area (Å²) >= 11 is 0.639. The van der Waals surface area contributed by atoms with Gasteiger partial charge in [0.25, 0.3) is 11.1 Å². The minimum atomic E-state index is -4.63. The normalized spacial score (nSPS) is 14.9. The Morgan fingerprint density at radius 3 is 2.37 bits per heavy atom. The summed E-state index contributed by atoms with van der Waals surface area (Å²) in [5, 5.41) is 1.58. The lowest BCUT2D eigenvalue weighted by atomic mass is 10.1. The van der Waals surface area contributed by atoms with Crippen LogP contribution in [0.5, 0.6) is 17.2 Å². The molecular weight excluding hydrogens is 489 g/mol. The molecule has 0 bridgehead atoms. The van der Waals surface area contributed by atoms with E-state index in [0.29, 0.717) is 46.4 Å². The number of nitrogens with zero attached hydrogens (tertiary/aromatic N) is 1. The van der Waals surface area contributed by atoms with Crippen molar-refractivity contribution in [2.24, 2.45) is 0 Å². The molecule has 1 aliphatic rings. The number of nitrogens with one attached hydrogen (secondary N) is 1. The number of imide groups is 1. The SMILES string of the molecule is CCOc1ccc(/C=C2\SC(=O)N(CC(=O)Nc3cc(C(F)(F)F)ccc3OC)C2=O)cc1OC. The highest BCUT2D eigenvalue weighted by atomic mass is 32.2. The number of alkyl halides is 3. The molecule has 2 aromatic rings. The Morgan fingerprint density at radius 2 is 1.74 bits per heavy atom. The van der Waals surface area contributed by atoms with Crippen LogP contribution in [0.3, 0.4) is 0 Å². The molecule has 0 aliphatic carbocycles. The first-order valence-electron chi connectivity index (χ1n) is 10.2. The molecule has 1 fully saturated rings. The summed E-state index contributed by atoms with van der Waals surface area (Å²) in [6, 6.07) is 7.55. The number of amides is 3. The number of methoxy groups -OCH3 is 2. The third-order valence-electron chi connectivity index (χ3n) is 4.76. The third-order valence-corrected chi connectivity index (χ3v) is 5.67. The lowest BCUT2D eigenvalue weighted by Gasteiger charge is -2.16. The molecule has 0 unspecified atom stereocenters. The van der Waals surface area contributed by atoms with Crippen molar-refractivity contribution in [3.05, 3.63) is 52.4 Å². The number of halogens is 3. The van der Waals surface area contributed by atoms with Crippen molar-refractivity contribution in [2.75, 3.05) is 32.7 Å². The molecule has 2 aromatic carbocycles. The summed E-state index contributed by atoms with van der Waals surface area (Å²) in [5.41, 5.74) is -0.668. The summed E-state index contributed by atoms with van der Waals surface area (Å²) in [6.45, 7) is 1.57. The van der Waals surface area contributed by atoms with E-state index in [1.807, 2.05) is 6.92 Å². The first kappa shape index (κ1) is 25.9. The van der Waals surface area contributed by atoms with Gasteiger partial charge < -0.3 is 19.5 Å². The van der Waals surface area contributed by atoms with Gasteiger partial charge in [0, 0.05) is 0 Å². The smallest absolute Gasteiger partial charge is 0.416 e. The minimum absolute atomic E-state index is 0.00942. The molecule has 3 rings (SSSR count). The molecule has 0 saturated carbocycles. The molecule has 12 heteroatoms. The second-order valence-electron chi connectivity index (χ2n) is 7.07. The Kier molecular flexibility index (Phi) is 7.95. The fourth-order valence-electron chi connectivity index (χ4n) is 3.15. The fraction of sp³-hybridized carbons (Fsp3) is 0.261. The minimum Gasteiger partial charge on any atom is -0.495 e. The zero-order valence-electron chi connectivity index (χ0n) is 18.9. The second kappa shape index (κ2) is 10.7. The van der Waals surface area contributed by atoms with Gasteiger partial charge in [-0.15, -0.1) is 0 Å². The molecule has 3 amide bonds. The van der Waals surface area contributed by atoms with E-state index in [0.717, 1.165) is 12.1 Å². The molecule has 0 atom stereocenters. The van der Waals surface area contributed by atoms with Crippen LogP contribution in [0.4, 0.5) is 23.7 Å². The van der Waals surface area contributed by atoms with Gasteiger partial charge in [-0.25, -0.2) is 0 Å². The Hall–Kier alpha value is -3.67. The fourth-order valence-corrected chi connectivity index (χ4v) is 3.99. The predicted octanol–water partition coefficient (Wildman–Crippen LogP) is 4.80. The van der Waals surface area contributed by atoms with Crippen LogP contribution in [-0.4, -0.2) is 49.3 Å². The molecule has 1 heterocycles. The lowest BCUT2D eigenvalue weighted by Crippen LogP contribution is -2.36. The van der Waals surface area contributed by atoms with Crippen molar-refractivity contribution in [1.82, 2.24) is 4.90 Å². The molecule has 186 valence electrons. The highest BCUT2D eigenvalue weighted by Crippen LogP contribution is 2.36. The summed E-state index contributed by atoms with van der Waals surface area (Å²) < 4.78 is 54.8. The van der Waals surface area contributed by atoms with E-state index in [1.54, 1.807) is 18.2 Å². The van der Waals surface area contributed by atoms with E-state index in [9.17, 15) is 27.6 Å². The summed E-state index contributed by atoms with van der Waals surface area (Å²) in [7, 11) is 2.70. The van der Waals surface area contributed by atoms with Crippen LogP contribution in [0.15, 0.2) is 41.3 Å². The van der Waals surface area contributed by atoms with Gasteiger partial charge in [-0.1, -0.05) is 6.07 Å². The monoisotopic (exact) mass is 510 g/mol. The molecule has 35 heavy (non-hydrogen) atoms. The molecule has 0 aromatic heterocycles. The summed E-state index contributed by atoms with van der Waals surface area (Å²) in [6.07, 6.45) is -3.16. The van der Waals surface area contributed by atoms with Crippen LogP contribution in [0.25, 0.3) is 6.08 Å². The molecule has 1 saturated heterocycles. The van der Waals surface area contributed by atoms with Crippen LogP contribution >= 0.6 is 11.8 Å². The van der Waals surface area contributed by atoms with Gasteiger partial charge >= 0.3 is 6.18 Å². The van der Waals surface area contributed by atoms with Crippen molar-refractivity contribution in [2.45, 2.75) is 13.1 Å². The Morgan fingerprint density at radius 1 is 1.06 bits per heavy atom. The van der Waals surface area contributed by atoms with Crippen molar-refractivity contribution < 1.29 is 41.8 Å². The van der Waals surface area contributed by atoms with E-state index in [1.165, 1.54) is 20.3 Å². The first-order chi connectivity index (χ1) is 16.6. The first-order valence-corrected chi connectivity index (χ1v) is 11.0. The molecule has 0 spiro atoms. The van der Waals surface area contributed by atoms with E-state index in [2.05, 4.69) is 5.32 Å². The number of ether oxygens (including phenoxy) is 3. The van der Waals surface area contributed by atoms with E-state index < -0.39 is 35.3 Å². The van der Waals surface area contributed by atoms with Gasteiger partial charge in [0.2, 0.25) is 5.91 Å². The standard InChI is InChI=1S/C23H21F3N2O6S/c1-4-34-17-7-5-13(9-18(17)33-3)10-19-21(30)28(22(31)35-19)12-20(29)27-15-11-14(23(24,25)26)6-8-16(15)32-2/h5-11H,4,12H2,1-3H3,(H,27,29)/b19-10-. The average Bonchev–Trinajstić information content (AvgIpc) is 3.06. The Balaban J connectivity index is 1.75. The van der Waals surface area contributed by atoms with Gasteiger partial charge in [-0.05, 0) is 60.7 Å². The van der Waals surface area contributed by atoms with Crippen LogP contribution in [0, 0.1) is 0 Å². The molecule has 1 aliphatic heterocycles. The number of benzene rings is 2. The number of anilines is 1. The number of thioether (sulfide) groups is 1. The van der Waals surface area contributed by atoms with Gasteiger partial charge in [-0.3, -0.25) is 19.3 Å². The van der Waals surface area contributed by atoms with Crippen molar-refractivity contribution >= 4 is 40.6 Å². The lowest BCUT2D eigenvalue weighted by molar-refractivity contribution is -0.137. The van der Waals surface area contributed by atoms with Crippen molar-refractivity contribution in [3.63, 3.8) is 0 Å². The summed E-state index contributed by atoms with van der Waals surface area (Å²) in [4.78, 5) is 38.4. The van der Waals surface area contributed by atoms with Crippen molar-refractivity contribution in [1.29, 1.82) is 0 Å². The maximum absolute atomic E-state index is 13.0. The molecule has 0 radical (unpaired) electrons. The van der Waals surface area contributed by atoms with Gasteiger partial charge in [0.1, 0.15) is 12.3 Å². The maximum atomic E-state index is 13.0. The number of hydrogen-bond acceptors (Lipinski definition) is 7.